The highest BCUT2D eigenvalue weighted by atomic mass is 16.4. The Morgan fingerprint density at radius 2 is 2.07 bits per heavy atom. The van der Waals surface area contributed by atoms with Crippen molar-refractivity contribution < 1.29 is 9.90 Å². The fourth-order valence-corrected chi connectivity index (χ4v) is 2.68. The fraction of sp³-hybridized carbons (Fsp3) is 0.0500. The second-order valence-corrected chi connectivity index (χ2v) is 6.06. The zero-order valence-electron chi connectivity index (χ0n) is 14.9. The molecule has 1 heterocycles. The summed E-state index contributed by atoms with van der Waals surface area (Å²) in [4.78, 5) is 16.3. The van der Waals surface area contributed by atoms with Gasteiger partial charge in [0.2, 0.25) is 5.71 Å². The molecule has 2 aromatic carbocycles. The van der Waals surface area contributed by atoms with Crippen molar-refractivity contribution in [3.8, 4) is 17.3 Å². The quantitative estimate of drug-likeness (QED) is 0.307. The summed E-state index contributed by atoms with van der Waals surface area (Å²) >= 11 is 0. The molecule has 8 nitrogen and oxygen atoms in total. The van der Waals surface area contributed by atoms with Gasteiger partial charge in [0, 0.05) is 10.9 Å². The maximum atomic E-state index is 11.7. The summed E-state index contributed by atoms with van der Waals surface area (Å²) in [7, 11) is 0. The molecule has 138 valence electrons. The van der Waals surface area contributed by atoms with E-state index < -0.39 is 11.8 Å². The fourth-order valence-electron chi connectivity index (χ4n) is 2.68. The number of carboxylic acids is 1. The van der Waals surface area contributed by atoms with E-state index in [-0.39, 0.29) is 11.3 Å². The number of aromatic nitrogens is 1. The summed E-state index contributed by atoms with van der Waals surface area (Å²) in [5.41, 5.74) is 11.1. The second-order valence-electron chi connectivity index (χ2n) is 6.06. The minimum Gasteiger partial charge on any atom is -0.478 e. The number of hydrazone groups is 1. The third-order valence-corrected chi connectivity index (χ3v) is 4.01. The highest BCUT2D eigenvalue weighted by Crippen LogP contribution is 2.27. The number of aromatic carboxylic acids is 1. The number of anilines is 1. The summed E-state index contributed by atoms with van der Waals surface area (Å²) in [5, 5.41) is 30.1. The standard InChI is InChI=1S/C20H16N6O2/c1-11-5-6-16-14(7-11)15(20(27)28)9-17(24-16)12-3-2-4-13(8-12)25-26-18(10-21)19(22)23/h2-9,25H,1H3,(H3,22,23)(H,27,28)/b26-18+. The maximum absolute atomic E-state index is 11.7. The number of amidine groups is 1. The van der Waals surface area contributed by atoms with Crippen LogP contribution in [0.5, 0.6) is 0 Å². The Labute approximate surface area is 160 Å². The second kappa shape index (κ2) is 7.55. The Bertz CT molecular complexity index is 1180. The van der Waals surface area contributed by atoms with Crippen LogP contribution < -0.4 is 11.2 Å². The first kappa shape index (κ1) is 18.5. The van der Waals surface area contributed by atoms with Crippen LogP contribution in [0.25, 0.3) is 22.2 Å². The van der Waals surface area contributed by atoms with E-state index >= 15 is 0 Å². The van der Waals surface area contributed by atoms with Gasteiger partial charge >= 0.3 is 5.97 Å². The predicted octanol–water partition coefficient (Wildman–Crippen LogP) is 3.14. The average molecular weight is 372 g/mol. The molecule has 0 aliphatic rings. The molecule has 0 amide bonds. The van der Waals surface area contributed by atoms with E-state index in [1.54, 1.807) is 42.5 Å². The van der Waals surface area contributed by atoms with Crippen LogP contribution >= 0.6 is 0 Å². The molecule has 3 rings (SSSR count). The summed E-state index contributed by atoms with van der Waals surface area (Å²) in [6.07, 6.45) is 0. The van der Waals surface area contributed by atoms with Crippen molar-refractivity contribution >= 4 is 34.1 Å². The van der Waals surface area contributed by atoms with Crippen LogP contribution in [0.15, 0.2) is 53.6 Å². The molecule has 0 fully saturated rings. The van der Waals surface area contributed by atoms with Gasteiger partial charge in [-0.15, -0.1) is 0 Å². The van der Waals surface area contributed by atoms with Gasteiger partial charge in [-0.25, -0.2) is 9.78 Å². The van der Waals surface area contributed by atoms with Gasteiger partial charge in [0.25, 0.3) is 0 Å². The summed E-state index contributed by atoms with van der Waals surface area (Å²) < 4.78 is 0. The topological polar surface area (TPSA) is 148 Å². The monoisotopic (exact) mass is 372 g/mol. The van der Waals surface area contributed by atoms with Crippen LogP contribution in [-0.4, -0.2) is 27.6 Å². The Balaban J connectivity index is 2.06. The van der Waals surface area contributed by atoms with E-state index in [0.29, 0.717) is 27.8 Å². The molecular weight excluding hydrogens is 356 g/mol. The lowest BCUT2D eigenvalue weighted by Gasteiger charge is -2.09. The van der Waals surface area contributed by atoms with Crippen LogP contribution in [0.3, 0.4) is 0 Å². The molecular formula is C20H16N6O2. The SMILES string of the molecule is Cc1ccc2nc(-c3cccc(N/N=C(\C#N)C(=N)N)c3)cc(C(=O)O)c2c1. The number of benzene rings is 2. The van der Waals surface area contributed by atoms with Gasteiger partial charge < -0.3 is 10.8 Å². The lowest BCUT2D eigenvalue weighted by molar-refractivity contribution is 0.0699. The third kappa shape index (κ3) is 3.78. The normalized spacial score (nSPS) is 11.1. The molecule has 0 bridgehead atoms. The van der Waals surface area contributed by atoms with Crippen LogP contribution in [0.4, 0.5) is 5.69 Å². The Morgan fingerprint density at radius 3 is 2.75 bits per heavy atom. The third-order valence-electron chi connectivity index (χ3n) is 4.01. The van der Waals surface area contributed by atoms with Crippen LogP contribution in [0.1, 0.15) is 15.9 Å². The Kier molecular flexibility index (Phi) is 5.00. The number of carboxylic acid groups (broad SMARTS) is 1. The van der Waals surface area contributed by atoms with Crippen molar-refractivity contribution in [2.24, 2.45) is 10.8 Å². The average Bonchev–Trinajstić information content (AvgIpc) is 2.67. The number of aryl methyl sites for hydroxylation is 1. The molecule has 28 heavy (non-hydrogen) atoms. The van der Waals surface area contributed by atoms with Crippen molar-refractivity contribution in [3.63, 3.8) is 0 Å². The number of fused-ring (bicyclic) bond motifs is 1. The van der Waals surface area contributed by atoms with E-state index in [1.807, 2.05) is 13.0 Å². The molecule has 0 radical (unpaired) electrons. The maximum Gasteiger partial charge on any atom is 0.336 e. The van der Waals surface area contributed by atoms with Crippen molar-refractivity contribution in [1.29, 1.82) is 10.7 Å². The summed E-state index contributed by atoms with van der Waals surface area (Å²) in [5.74, 6) is -1.47. The molecule has 5 N–H and O–H groups in total. The minimum absolute atomic E-state index is 0.170. The molecule has 1 aromatic heterocycles. The molecule has 3 aromatic rings. The number of hydrogen-bond acceptors (Lipinski definition) is 6. The number of hydrogen-bond donors (Lipinski definition) is 4. The molecule has 0 aliphatic heterocycles. The lowest BCUT2D eigenvalue weighted by atomic mass is 10.0. The minimum atomic E-state index is -1.03. The zero-order chi connectivity index (χ0) is 20.3. The lowest BCUT2D eigenvalue weighted by Crippen LogP contribution is -2.21. The first-order chi connectivity index (χ1) is 13.4. The van der Waals surface area contributed by atoms with E-state index in [2.05, 4.69) is 15.5 Å². The highest BCUT2D eigenvalue weighted by Gasteiger charge is 2.13. The molecule has 0 saturated heterocycles. The number of nitriles is 1. The Hall–Kier alpha value is -4.25. The van der Waals surface area contributed by atoms with Crippen LogP contribution in [0, 0.1) is 23.7 Å². The number of rotatable bonds is 5. The first-order valence-electron chi connectivity index (χ1n) is 8.22. The largest absolute Gasteiger partial charge is 0.478 e. The van der Waals surface area contributed by atoms with Crippen molar-refractivity contribution in [3.05, 3.63) is 59.7 Å². The van der Waals surface area contributed by atoms with Gasteiger partial charge in [0.15, 0.2) is 5.84 Å². The van der Waals surface area contributed by atoms with Crippen LogP contribution in [-0.2, 0) is 0 Å². The smallest absolute Gasteiger partial charge is 0.336 e. The van der Waals surface area contributed by atoms with Gasteiger partial charge in [0.1, 0.15) is 6.07 Å². The first-order valence-corrected chi connectivity index (χ1v) is 8.22. The number of pyridine rings is 1. The summed E-state index contributed by atoms with van der Waals surface area (Å²) in [6.45, 7) is 1.89. The van der Waals surface area contributed by atoms with Crippen molar-refractivity contribution in [2.75, 3.05) is 5.43 Å². The number of nitrogens with one attached hydrogen (secondary N) is 2. The molecule has 0 spiro atoms. The molecule has 0 saturated carbocycles. The predicted molar refractivity (Wildman–Crippen MR) is 107 cm³/mol. The Morgan fingerprint density at radius 1 is 1.29 bits per heavy atom. The van der Waals surface area contributed by atoms with E-state index in [0.717, 1.165) is 5.56 Å². The van der Waals surface area contributed by atoms with Gasteiger partial charge in [-0.3, -0.25) is 10.8 Å². The molecule has 0 aliphatic carbocycles. The van der Waals surface area contributed by atoms with Gasteiger partial charge in [0.05, 0.1) is 22.5 Å². The van der Waals surface area contributed by atoms with E-state index in [1.165, 1.54) is 6.07 Å². The van der Waals surface area contributed by atoms with Crippen molar-refractivity contribution in [2.45, 2.75) is 6.92 Å². The number of nitrogens with two attached hydrogens (primary N) is 1. The van der Waals surface area contributed by atoms with Crippen LogP contribution in [0.2, 0.25) is 0 Å². The van der Waals surface area contributed by atoms with Gasteiger partial charge in [-0.1, -0.05) is 23.8 Å². The summed E-state index contributed by atoms with van der Waals surface area (Å²) in [6, 6.07) is 15.7. The number of nitrogens with zero attached hydrogens (tertiary/aromatic N) is 3. The van der Waals surface area contributed by atoms with E-state index in [9.17, 15) is 9.90 Å². The van der Waals surface area contributed by atoms with E-state index in [4.69, 9.17) is 16.4 Å². The molecule has 8 heteroatoms. The number of carbonyl (C=O) groups is 1. The van der Waals surface area contributed by atoms with Gasteiger partial charge in [-0.05, 0) is 37.3 Å². The van der Waals surface area contributed by atoms with Crippen molar-refractivity contribution in [1.82, 2.24) is 4.98 Å². The highest BCUT2D eigenvalue weighted by molar-refractivity contribution is 6.45. The molecule has 0 atom stereocenters. The molecule has 0 unspecified atom stereocenters. The van der Waals surface area contributed by atoms with Gasteiger partial charge in [-0.2, -0.15) is 10.4 Å². The zero-order valence-corrected chi connectivity index (χ0v) is 14.9.